The van der Waals surface area contributed by atoms with Crippen LogP contribution in [0.5, 0.6) is 5.75 Å². The van der Waals surface area contributed by atoms with Gasteiger partial charge < -0.3 is 15.6 Å². The molecule has 0 saturated heterocycles. The van der Waals surface area contributed by atoms with Crippen molar-refractivity contribution < 1.29 is 9.84 Å². The van der Waals surface area contributed by atoms with Crippen LogP contribution in [-0.2, 0) is 6.42 Å². The first-order valence-electron chi connectivity index (χ1n) is 5.45. The van der Waals surface area contributed by atoms with Crippen LogP contribution in [0.15, 0.2) is 18.2 Å². The van der Waals surface area contributed by atoms with E-state index in [0.717, 1.165) is 18.6 Å². The molecule has 1 heterocycles. The lowest BCUT2D eigenvalue weighted by atomic mass is 10.0. The van der Waals surface area contributed by atoms with Crippen molar-refractivity contribution in [1.29, 1.82) is 0 Å². The van der Waals surface area contributed by atoms with Gasteiger partial charge in [0.25, 0.3) is 0 Å². The van der Waals surface area contributed by atoms with Gasteiger partial charge in [0.1, 0.15) is 11.9 Å². The second kappa shape index (κ2) is 5.61. The molecule has 1 aliphatic heterocycles. The van der Waals surface area contributed by atoms with Gasteiger partial charge in [-0.05, 0) is 24.5 Å². The van der Waals surface area contributed by atoms with Crippen LogP contribution in [-0.4, -0.2) is 17.8 Å². The van der Waals surface area contributed by atoms with E-state index in [1.165, 1.54) is 5.56 Å². The third kappa shape index (κ3) is 2.86. The maximum absolute atomic E-state index is 8.93. The minimum Gasteiger partial charge on any atom is -0.488 e. The molecule has 0 aliphatic carbocycles. The first-order chi connectivity index (χ1) is 7.29. The number of rotatable bonds is 1. The van der Waals surface area contributed by atoms with Crippen LogP contribution in [0.4, 0.5) is 5.69 Å². The molecule has 0 spiro atoms. The predicted molar refractivity (Wildman–Crippen MR) is 62.0 cm³/mol. The molecule has 3 N–H and O–H groups in total. The number of nitrogen functional groups attached to an aromatic ring is 1. The molecule has 1 aromatic rings. The van der Waals surface area contributed by atoms with Crippen molar-refractivity contribution in [2.24, 2.45) is 0 Å². The van der Waals surface area contributed by atoms with Gasteiger partial charge >= 0.3 is 0 Å². The van der Waals surface area contributed by atoms with E-state index in [2.05, 4.69) is 0 Å². The lowest BCUT2D eigenvalue weighted by molar-refractivity contribution is 0.0979. The van der Waals surface area contributed by atoms with Gasteiger partial charge in [-0.1, -0.05) is 19.9 Å². The molecule has 84 valence electrons. The summed E-state index contributed by atoms with van der Waals surface area (Å²) in [6.45, 7) is 4.08. The summed E-state index contributed by atoms with van der Waals surface area (Å²) in [5, 5.41) is 8.93. The van der Waals surface area contributed by atoms with E-state index in [0.29, 0.717) is 5.69 Å². The number of fused-ring (bicyclic) bond motifs is 1. The number of aryl methyl sites for hydroxylation is 1. The van der Waals surface area contributed by atoms with Crippen LogP contribution in [0.2, 0.25) is 0 Å². The molecular weight excluding hydrogens is 190 g/mol. The quantitative estimate of drug-likeness (QED) is 0.695. The third-order valence-corrected chi connectivity index (χ3v) is 2.32. The Balaban J connectivity index is 0.000000531. The number of hydrogen-bond donors (Lipinski definition) is 2. The molecule has 0 aromatic heterocycles. The first-order valence-corrected chi connectivity index (χ1v) is 5.45. The Morgan fingerprint density at radius 3 is 2.87 bits per heavy atom. The van der Waals surface area contributed by atoms with E-state index in [4.69, 9.17) is 15.6 Å². The van der Waals surface area contributed by atoms with E-state index in [1.807, 2.05) is 32.0 Å². The number of benzene rings is 1. The normalized spacial score (nSPS) is 18.2. The largest absolute Gasteiger partial charge is 0.488 e. The summed E-state index contributed by atoms with van der Waals surface area (Å²) < 4.78 is 5.53. The second-order valence-corrected chi connectivity index (χ2v) is 3.33. The van der Waals surface area contributed by atoms with Crippen molar-refractivity contribution in [3.8, 4) is 5.75 Å². The molecule has 15 heavy (non-hydrogen) atoms. The third-order valence-electron chi connectivity index (χ3n) is 2.32. The van der Waals surface area contributed by atoms with Crippen molar-refractivity contribution in [3.05, 3.63) is 23.8 Å². The van der Waals surface area contributed by atoms with Crippen molar-refractivity contribution in [3.63, 3.8) is 0 Å². The van der Waals surface area contributed by atoms with E-state index in [-0.39, 0.29) is 12.7 Å². The number of aliphatic hydroxyl groups excluding tert-OH is 1. The molecule has 3 heteroatoms. The van der Waals surface area contributed by atoms with Crippen LogP contribution in [0.3, 0.4) is 0 Å². The molecule has 0 saturated carbocycles. The maximum Gasteiger partial charge on any atom is 0.125 e. The van der Waals surface area contributed by atoms with Gasteiger partial charge in [0.2, 0.25) is 0 Å². The van der Waals surface area contributed by atoms with Gasteiger partial charge in [-0.2, -0.15) is 0 Å². The number of ether oxygens (including phenoxy) is 1. The minimum atomic E-state index is -0.0608. The number of nitrogens with two attached hydrogens (primary N) is 1. The van der Waals surface area contributed by atoms with Crippen LogP contribution < -0.4 is 10.5 Å². The Bertz CT molecular complexity index is 312. The molecule has 1 aliphatic rings. The van der Waals surface area contributed by atoms with Crippen molar-refractivity contribution in [2.75, 3.05) is 12.3 Å². The average molecular weight is 209 g/mol. The van der Waals surface area contributed by atoms with Crippen molar-refractivity contribution >= 4 is 5.69 Å². The van der Waals surface area contributed by atoms with E-state index < -0.39 is 0 Å². The van der Waals surface area contributed by atoms with Gasteiger partial charge in [-0.25, -0.2) is 0 Å². The number of anilines is 1. The Labute approximate surface area is 90.9 Å². The second-order valence-electron chi connectivity index (χ2n) is 3.33. The average Bonchev–Trinajstić information content (AvgIpc) is 2.30. The molecule has 3 nitrogen and oxygen atoms in total. The Hall–Kier alpha value is -1.22. The smallest absolute Gasteiger partial charge is 0.125 e. The molecular formula is C12H19NO2. The lowest BCUT2D eigenvalue weighted by Crippen LogP contribution is -2.26. The topological polar surface area (TPSA) is 55.5 Å². The van der Waals surface area contributed by atoms with Gasteiger partial charge in [-0.3, -0.25) is 0 Å². The molecule has 1 unspecified atom stereocenters. The number of hydrogen-bond acceptors (Lipinski definition) is 3. The monoisotopic (exact) mass is 209 g/mol. The fraction of sp³-hybridized carbons (Fsp3) is 0.500. The van der Waals surface area contributed by atoms with Gasteiger partial charge in [-0.15, -0.1) is 0 Å². The van der Waals surface area contributed by atoms with Crippen LogP contribution in [0.25, 0.3) is 0 Å². The summed E-state index contributed by atoms with van der Waals surface area (Å²) in [5.74, 6) is 0.824. The molecule has 1 atom stereocenters. The van der Waals surface area contributed by atoms with Gasteiger partial charge in [0, 0.05) is 11.8 Å². The summed E-state index contributed by atoms with van der Waals surface area (Å²) in [7, 11) is 0. The summed E-state index contributed by atoms with van der Waals surface area (Å²) in [4.78, 5) is 0. The molecule has 2 rings (SSSR count). The van der Waals surface area contributed by atoms with Crippen LogP contribution in [0, 0.1) is 0 Å². The zero-order valence-corrected chi connectivity index (χ0v) is 9.36. The van der Waals surface area contributed by atoms with E-state index in [1.54, 1.807) is 0 Å². The van der Waals surface area contributed by atoms with Crippen LogP contribution in [0.1, 0.15) is 25.8 Å². The van der Waals surface area contributed by atoms with Gasteiger partial charge in [0.05, 0.1) is 6.61 Å². The fourth-order valence-electron chi connectivity index (χ4n) is 1.57. The highest BCUT2D eigenvalue weighted by molar-refractivity contribution is 5.49. The molecule has 0 fully saturated rings. The van der Waals surface area contributed by atoms with Crippen molar-refractivity contribution in [2.45, 2.75) is 32.8 Å². The number of aliphatic hydroxyl groups is 1. The Morgan fingerprint density at radius 1 is 1.47 bits per heavy atom. The summed E-state index contributed by atoms with van der Waals surface area (Å²) >= 11 is 0. The zero-order chi connectivity index (χ0) is 11.3. The van der Waals surface area contributed by atoms with Crippen molar-refractivity contribution in [1.82, 2.24) is 0 Å². The standard InChI is InChI=1S/C10H13NO2.C2H6/c11-8-3-1-7-2-4-9(6-12)13-10(7)5-8;1-2/h1,3,5,9,12H,2,4,6,11H2;1-2H3. The summed E-state index contributed by atoms with van der Waals surface area (Å²) in [5.41, 5.74) is 7.51. The minimum absolute atomic E-state index is 0.0608. The SMILES string of the molecule is CC.Nc1ccc2c(c1)OC(CO)CC2. The lowest BCUT2D eigenvalue weighted by Gasteiger charge is -2.24. The highest BCUT2D eigenvalue weighted by Crippen LogP contribution is 2.29. The molecule has 1 aromatic carbocycles. The van der Waals surface area contributed by atoms with E-state index in [9.17, 15) is 0 Å². The Kier molecular flexibility index (Phi) is 4.43. The highest BCUT2D eigenvalue weighted by Gasteiger charge is 2.18. The van der Waals surface area contributed by atoms with Crippen LogP contribution >= 0.6 is 0 Å². The maximum atomic E-state index is 8.93. The predicted octanol–water partition coefficient (Wildman–Crippen LogP) is 1.98. The summed E-state index contributed by atoms with van der Waals surface area (Å²) in [6, 6.07) is 5.68. The zero-order valence-electron chi connectivity index (χ0n) is 9.36. The van der Waals surface area contributed by atoms with E-state index >= 15 is 0 Å². The fourth-order valence-corrected chi connectivity index (χ4v) is 1.57. The Morgan fingerprint density at radius 2 is 2.20 bits per heavy atom. The van der Waals surface area contributed by atoms with Gasteiger partial charge in [0.15, 0.2) is 0 Å². The summed E-state index contributed by atoms with van der Waals surface area (Å²) in [6.07, 6.45) is 1.78. The molecule has 0 bridgehead atoms. The molecule has 0 radical (unpaired) electrons. The highest BCUT2D eigenvalue weighted by atomic mass is 16.5. The molecule has 0 amide bonds. The first kappa shape index (κ1) is 11.9.